The predicted octanol–water partition coefficient (Wildman–Crippen LogP) is 5.08. The van der Waals surface area contributed by atoms with Crippen LogP contribution < -0.4 is 10.1 Å². The molecule has 1 aromatic heterocycles. The average molecular weight is 462 g/mol. The molecule has 11 heteroatoms. The number of halogens is 5. The zero-order valence-electron chi connectivity index (χ0n) is 17.2. The Bertz CT molecular complexity index is 1360. The molecule has 0 saturated carbocycles. The SMILES string of the molecule is CCOc1ccc(-n2nc3cc(C)c(NC(=O)c4c(F)c(F)c(F)c(F)c4F)cc3n2)cc1. The normalized spacial score (nSPS) is 11.1. The first-order chi connectivity index (χ1) is 15.7. The zero-order chi connectivity index (χ0) is 23.9. The summed E-state index contributed by atoms with van der Waals surface area (Å²) in [5, 5.41) is 10.8. The molecule has 4 rings (SSSR count). The van der Waals surface area contributed by atoms with Gasteiger partial charge in [0.2, 0.25) is 5.82 Å². The molecule has 0 bridgehead atoms. The van der Waals surface area contributed by atoms with Gasteiger partial charge in [-0.25, -0.2) is 22.0 Å². The maximum Gasteiger partial charge on any atom is 0.261 e. The molecule has 0 fully saturated rings. The molecule has 33 heavy (non-hydrogen) atoms. The van der Waals surface area contributed by atoms with Crippen molar-refractivity contribution >= 4 is 22.6 Å². The Morgan fingerprint density at radius 3 is 2.03 bits per heavy atom. The number of hydrogen-bond acceptors (Lipinski definition) is 4. The summed E-state index contributed by atoms with van der Waals surface area (Å²) in [5.74, 6) is -12.0. The Kier molecular flexibility index (Phi) is 5.71. The zero-order valence-corrected chi connectivity index (χ0v) is 17.2. The number of ether oxygens (including phenoxy) is 1. The minimum Gasteiger partial charge on any atom is -0.494 e. The van der Waals surface area contributed by atoms with Crippen LogP contribution in [-0.2, 0) is 0 Å². The second kappa shape index (κ2) is 8.49. The van der Waals surface area contributed by atoms with E-state index in [1.54, 1.807) is 37.3 Å². The number of carbonyl (C=O) groups is 1. The number of aromatic nitrogens is 3. The number of amides is 1. The van der Waals surface area contributed by atoms with Crippen LogP contribution in [0.2, 0.25) is 0 Å². The molecule has 1 N–H and O–H groups in total. The summed E-state index contributed by atoms with van der Waals surface area (Å²) in [6, 6.07) is 9.90. The fraction of sp³-hybridized carbons (Fsp3) is 0.136. The summed E-state index contributed by atoms with van der Waals surface area (Å²) >= 11 is 0. The van der Waals surface area contributed by atoms with E-state index in [0.29, 0.717) is 34.6 Å². The number of carbonyl (C=O) groups excluding carboxylic acids is 1. The van der Waals surface area contributed by atoms with E-state index in [1.807, 2.05) is 6.92 Å². The van der Waals surface area contributed by atoms with Crippen LogP contribution in [0.5, 0.6) is 5.75 Å². The van der Waals surface area contributed by atoms with Crippen LogP contribution in [0.1, 0.15) is 22.8 Å². The minimum atomic E-state index is -2.34. The van der Waals surface area contributed by atoms with Gasteiger partial charge < -0.3 is 10.1 Å². The third kappa shape index (κ3) is 3.97. The van der Waals surface area contributed by atoms with Gasteiger partial charge in [0.05, 0.1) is 12.3 Å². The maximum absolute atomic E-state index is 14.0. The molecule has 0 unspecified atom stereocenters. The van der Waals surface area contributed by atoms with Gasteiger partial charge in [0.25, 0.3) is 5.91 Å². The van der Waals surface area contributed by atoms with E-state index >= 15 is 0 Å². The molecule has 0 aliphatic carbocycles. The standard InChI is InChI=1S/C22H15F5N4O2/c1-3-33-12-6-4-11(5-7-12)31-29-14-8-10(2)13(9-15(14)30-31)28-22(32)16-17(23)19(25)21(27)20(26)18(16)24/h4-9H,3H2,1-2H3,(H,28,32). The second-order valence-corrected chi connectivity index (χ2v) is 6.97. The van der Waals surface area contributed by atoms with Gasteiger partial charge >= 0.3 is 0 Å². The van der Waals surface area contributed by atoms with Crippen molar-refractivity contribution in [2.24, 2.45) is 0 Å². The fourth-order valence-electron chi connectivity index (χ4n) is 3.15. The molecule has 0 aliphatic rings. The molecular weight excluding hydrogens is 447 g/mol. The van der Waals surface area contributed by atoms with Crippen molar-refractivity contribution < 1.29 is 31.5 Å². The highest BCUT2D eigenvalue weighted by molar-refractivity contribution is 6.05. The van der Waals surface area contributed by atoms with Crippen molar-refractivity contribution in [2.45, 2.75) is 13.8 Å². The van der Waals surface area contributed by atoms with E-state index in [4.69, 9.17) is 4.74 Å². The quantitative estimate of drug-likeness (QED) is 0.255. The fourth-order valence-corrected chi connectivity index (χ4v) is 3.15. The smallest absolute Gasteiger partial charge is 0.261 e. The molecule has 0 radical (unpaired) electrons. The van der Waals surface area contributed by atoms with E-state index in [0.717, 1.165) is 0 Å². The van der Waals surface area contributed by atoms with Crippen molar-refractivity contribution in [2.75, 3.05) is 11.9 Å². The van der Waals surface area contributed by atoms with Crippen molar-refractivity contribution in [1.29, 1.82) is 0 Å². The number of benzene rings is 3. The van der Waals surface area contributed by atoms with Crippen LogP contribution in [0.25, 0.3) is 16.7 Å². The van der Waals surface area contributed by atoms with Gasteiger partial charge in [0.1, 0.15) is 22.3 Å². The predicted molar refractivity (Wildman–Crippen MR) is 109 cm³/mol. The summed E-state index contributed by atoms with van der Waals surface area (Å²) in [6.07, 6.45) is 0. The van der Waals surface area contributed by atoms with E-state index in [2.05, 4.69) is 15.5 Å². The van der Waals surface area contributed by atoms with Crippen LogP contribution >= 0.6 is 0 Å². The lowest BCUT2D eigenvalue weighted by atomic mass is 10.1. The van der Waals surface area contributed by atoms with Crippen LogP contribution in [0.4, 0.5) is 27.6 Å². The summed E-state index contributed by atoms with van der Waals surface area (Å²) in [4.78, 5) is 13.7. The molecule has 0 saturated heterocycles. The lowest BCUT2D eigenvalue weighted by Crippen LogP contribution is -2.19. The van der Waals surface area contributed by atoms with Crippen LogP contribution in [-0.4, -0.2) is 27.5 Å². The summed E-state index contributed by atoms with van der Waals surface area (Å²) in [6.45, 7) is 3.95. The number of fused-ring (bicyclic) bond motifs is 1. The number of anilines is 1. The molecular formula is C22H15F5N4O2. The lowest BCUT2D eigenvalue weighted by molar-refractivity contribution is 0.101. The van der Waals surface area contributed by atoms with Gasteiger partial charge in [-0.15, -0.1) is 10.2 Å². The molecule has 170 valence electrons. The Morgan fingerprint density at radius 1 is 0.909 bits per heavy atom. The molecule has 3 aromatic carbocycles. The summed E-state index contributed by atoms with van der Waals surface area (Å²) in [5.41, 5.74) is 0.315. The molecule has 0 spiro atoms. The minimum absolute atomic E-state index is 0.0650. The van der Waals surface area contributed by atoms with E-state index in [1.165, 1.54) is 10.9 Å². The molecule has 6 nitrogen and oxygen atoms in total. The third-order valence-electron chi connectivity index (χ3n) is 4.79. The van der Waals surface area contributed by atoms with Gasteiger partial charge in [0.15, 0.2) is 23.3 Å². The Balaban J connectivity index is 1.67. The summed E-state index contributed by atoms with van der Waals surface area (Å²) in [7, 11) is 0. The number of rotatable bonds is 5. The van der Waals surface area contributed by atoms with Gasteiger partial charge in [-0.1, -0.05) is 0 Å². The number of nitrogens with zero attached hydrogens (tertiary/aromatic N) is 3. The largest absolute Gasteiger partial charge is 0.494 e. The molecule has 1 heterocycles. The van der Waals surface area contributed by atoms with Gasteiger partial charge in [0, 0.05) is 5.69 Å². The van der Waals surface area contributed by atoms with Gasteiger partial charge in [-0.3, -0.25) is 4.79 Å². The number of aryl methyl sites for hydroxylation is 1. The summed E-state index contributed by atoms with van der Waals surface area (Å²) < 4.78 is 73.5. The van der Waals surface area contributed by atoms with Gasteiger partial charge in [-0.2, -0.15) is 4.80 Å². The first-order valence-electron chi connectivity index (χ1n) is 9.65. The highest BCUT2D eigenvalue weighted by atomic mass is 19.2. The topological polar surface area (TPSA) is 69.0 Å². The first kappa shape index (κ1) is 22.2. The van der Waals surface area contributed by atoms with Crippen LogP contribution in [0, 0.1) is 36.0 Å². The van der Waals surface area contributed by atoms with Gasteiger partial charge in [-0.05, 0) is 55.8 Å². The van der Waals surface area contributed by atoms with E-state index < -0.39 is 40.6 Å². The van der Waals surface area contributed by atoms with Crippen LogP contribution in [0.3, 0.4) is 0 Å². The van der Waals surface area contributed by atoms with Crippen molar-refractivity contribution in [3.63, 3.8) is 0 Å². The lowest BCUT2D eigenvalue weighted by Gasteiger charge is -2.11. The molecule has 0 atom stereocenters. The number of nitrogens with one attached hydrogen (secondary N) is 1. The highest BCUT2D eigenvalue weighted by Crippen LogP contribution is 2.26. The average Bonchev–Trinajstić information content (AvgIpc) is 3.20. The molecule has 0 aliphatic heterocycles. The van der Waals surface area contributed by atoms with Crippen molar-refractivity contribution in [1.82, 2.24) is 15.0 Å². The molecule has 1 amide bonds. The Morgan fingerprint density at radius 2 is 1.45 bits per heavy atom. The monoisotopic (exact) mass is 462 g/mol. The van der Waals surface area contributed by atoms with Crippen LogP contribution in [0.15, 0.2) is 36.4 Å². The maximum atomic E-state index is 14.0. The van der Waals surface area contributed by atoms with Crippen molar-refractivity contribution in [3.05, 3.63) is 76.6 Å². The Hall–Kier alpha value is -4.02. The van der Waals surface area contributed by atoms with E-state index in [9.17, 15) is 26.7 Å². The number of hydrogen-bond donors (Lipinski definition) is 1. The van der Waals surface area contributed by atoms with Crippen molar-refractivity contribution in [3.8, 4) is 11.4 Å². The highest BCUT2D eigenvalue weighted by Gasteiger charge is 2.30. The molecule has 4 aromatic rings. The third-order valence-corrected chi connectivity index (χ3v) is 4.79. The van der Waals surface area contributed by atoms with E-state index in [-0.39, 0.29) is 5.69 Å². The first-order valence-corrected chi connectivity index (χ1v) is 9.65. The second-order valence-electron chi connectivity index (χ2n) is 6.97. The Labute approximate surface area is 183 Å².